The molecule has 18 heavy (non-hydrogen) atoms. The highest BCUT2D eigenvalue weighted by Crippen LogP contribution is 2.24. The lowest BCUT2D eigenvalue weighted by Gasteiger charge is -2.35. The van der Waals surface area contributed by atoms with Crippen molar-refractivity contribution in [3.8, 4) is 0 Å². The zero-order valence-corrected chi connectivity index (χ0v) is 10.6. The molecule has 1 aliphatic rings. The SMILES string of the molecule is Cc1ccnc(N2CCOCC2C)c1/C(N)=N/O. The molecule has 3 N–H and O–H groups in total. The fourth-order valence-electron chi connectivity index (χ4n) is 2.17. The molecule has 1 saturated heterocycles. The Kier molecular flexibility index (Phi) is 3.66. The number of nitrogens with two attached hydrogens (primary N) is 1. The Morgan fingerprint density at radius 3 is 3.11 bits per heavy atom. The Hall–Kier alpha value is -1.82. The van der Waals surface area contributed by atoms with Gasteiger partial charge in [-0.25, -0.2) is 4.98 Å². The average Bonchev–Trinajstić information content (AvgIpc) is 2.38. The second-order valence-electron chi connectivity index (χ2n) is 4.43. The van der Waals surface area contributed by atoms with Crippen LogP contribution in [0.1, 0.15) is 18.1 Å². The number of nitrogens with zero attached hydrogens (tertiary/aromatic N) is 3. The third-order valence-electron chi connectivity index (χ3n) is 3.14. The van der Waals surface area contributed by atoms with Crippen LogP contribution in [-0.4, -0.2) is 41.8 Å². The summed E-state index contributed by atoms with van der Waals surface area (Å²) in [4.78, 5) is 6.51. The maximum absolute atomic E-state index is 8.89. The topological polar surface area (TPSA) is 84.0 Å². The highest BCUT2D eigenvalue weighted by atomic mass is 16.5. The molecule has 0 aromatic carbocycles. The fourth-order valence-corrected chi connectivity index (χ4v) is 2.17. The van der Waals surface area contributed by atoms with E-state index in [9.17, 15) is 0 Å². The number of hydrogen-bond donors (Lipinski definition) is 2. The second-order valence-corrected chi connectivity index (χ2v) is 4.43. The fraction of sp³-hybridized carbons (Fsp3) is 0.500. The van der Waals surface area contributed by atoms with Gasteiger partial charge in [-0.1, -0.05) is 5.16 Å². The molecule has 0 bridgehead atoms. The smallest absolute Gasteiger partial charge is 0.174 e. The van der Waals surface area contributed by atoms with Crippen molar-refractivity contribution in [2.45, 2.75) is 19.9 Å². The van der Waals surface area contributed by atoms with Crippen LogP contribution in [0.3, 0.4) is 0 Å². The highest BCUT2D eigenvalue weighted by molar-refractivity contribution is 6.02. The first-order chi connectivity index (χ1) is 8.65. The predicted octanol–water partition coefficient (Wildman–Crippen LogP) is 0.710. The first-order valence-electron chi connectivity index (χ1n) is 5.93. The van der Waals surface area contributed by atoms with Crippen LogP contribution in [0.2, 0.25) is 0 Å². The van der Waals surface area contributed by atoms with Gasteiger partial charge in [0.2, 0.25) is 0 Å². The molecule has 0 aliphatic carbocycles. The zero-order chi connectivity index (χ0) is 13.1. The summed E-state index contributed by atoms with van der Waals surface area (Å²) >= 11 is 0. The summed E-state index contributed by atoms with van der Waals surface area (Å²) in [5.74, 6) is 0.843. The summed E-state index contributed by atoms with van der Waals surface area (Å²) in [6.45, 7) is 6.06. The largest absolute Gasteiger partial charge is 0.409 e. The Morgan fingerprint density at radius 1 is 1.67 bits per heavy atom. The molecule has 98 valence electrons. The minimum absolute atomic E-state index is 0.0919. The van der Waals surface area contributed by atoms with E-state index in [0.29, 0.717) is 18.8 Å². The number of morpholine rings is 1. The van der Waals surface area contributed by atoms with E-state index in [1.807, 2.05) is 13.0 Å². The molecule has 2 heterocycles. The number of oxime groups is 1. The maximum Gasteiger partial charge on any atom is 0.174 e. The molecule has 1 unspecified atom stereocenters. The number of amidine groups is 1. The molecule has 1 fully saturated rings. The molecule has 1 aromatic rings. The summed E-state index contributed by atoms with van der Waals surface area (Å²) < 4.78 is 5.41. The van der Waals surface area contributed by atoms with Gasteiger partial charge in [-0.2, -0.15) is 0 Å². The summed E-state index contributed by atoms with van der Waals surface area (Å²) in [6, 6.07) is 2.07. The van der Waals surface area contributed by atoms with Gasteiger partial charge in [0.05, 0.1) is 24.8 Å². The molecular weight excluding hydrogens is 232 g/mol. The van der Waals surface area contributed by atoms with Crippen LogP contribution < -0.4 is 10.6 Å². The van der Waals surface area contributed by atoms with Gasteiger partial charge in [0.1, 0.15) is 5.82 Å². The van der Waals surface area contributed by atoms with Crippen molar-refractivity contribution in [1.82, 2.24) is 4.98 Å². The van der Waals surface area contributed by atoms with Gasteiger partial charge in [0, 0.05) is 12.7 Å². The van der Waals surface area contributed by atoms with Gasteiger partial charge in [-0.3, -0.25) is 0 Å². The van der Waals surface area contributed by atoms with E-state index >= 15 is 0 Å². The number of ether oxygens (including phenoxy) is 1. The Bertz CT molecular complexity index is 461. The van der Waals surface area contributed by atoms with Crippen LogP contribution in [0, 0.1) is 6.92 Å². The van der Waals surface area contributed by atoms with Gasteiger partial charge >= 0.3 is 0 Å². The van der Waals surface area contributed by atoms with E-state index in [1.165, 1.54) is 0 Å². The maximum atomic E-state index is 8.89. The molecule has 0 radical (unpaired) electrons. The molecule has 0 amide bonds. The molecule has 0 saturated carbocycles. The highest BCUT2D eigenvalue weighted by Gasteiger charge is 2.24. The summed E-state index contributed by atoms with van der Waals surface area (Å²) in [5.41, 5.74) is 7.38. The van der Waals surface area contributed by atoms with Gasteiger partial charge in [-0.15, -0.1) is 0 Å². The lowest BCUT2D eigenvalue weighted by molar-refractivity contribution is 0.0985. The standard InChI is InChI=1S/C12H18N4O2/c1-8-3-4-14-12(10(8)11(13)15-17)16-5-6-18-7-9(16)2/h3-4,9,17H,5-7H2,1-2H3,(H2,13,15). The van der Waals surface area contributed by atoms with Crippen LogP contribution in [0.4, 0.5) is 5.82 Å². The van der Waals surface area contributed by atoms with Crippen LogP contribution >= 0.6 is 0 Å². The third-order valence-corrected chi connectivity index (χ3v) is 3.14. The number of pyridine rings is 1. The number of aryl methyl sites for hydroxylation is 1. The van der Waals surface area contributed by atoms with Crippen molar-refractivity contribution in [2.75, 3.05) is 24.7 Å². The van der Waals surface area contributed by atoms with E-state index in [2.05, 4.69) is 22.0 Å². The van der Waals surface area contributed by atoms with E-state index < -0.39 is 0 Å². The Labute approximate surface area is 106 Å². The summed E-state index contributed by atoms with van der Waals surface area (Å²) in [5, 5.41) is 12.0. The van der Waals surface area contributed by atoms with Gasteiger partial charge in [0.15, 0.2) is 5.84 Å². The number of anilines is 1. The normalized spacial score (nSPS) is 21.1. The van der Waals surface area contributed by atoms with E-state index in [1.54, 1.807) is 6.20 Å². The number of rotatable bonds is 2. The zero-order valence-electron chi connectivity index (χ0n) is 10.6. The van der Waals surface area contributed by atoms with Crippen LogP contribution in [0.5, 0.6) is 0 Å². The number of aromatic nitrogens is 1. The van der Waals surface area contributed by atoms with Gasteiger partial charge in [-0.05, 0) is 25.5 Å². The van der Waals surface area contributed by atoms with Crippen molar-refractivity contribution < 1.29 is 9.94 Å². The van der Waals surface area contributed by atoms with Crippen LogP contribution in [0.15, 0.2) is 17.4 Å². The molecule has 6 nitrogen and oxygen atoms in total. The molecule has 2 rings (SSSR count). The van der Waals surface area contributed by atoms with Crippen molar-refractivity contribution in [3.63, 3.8) is 0 Å². The van der Waals surface area contributed by atoms with Gasteiger partial charge < -0.3 is 20.6 Å². The van der Waals surface area contributed by atoms with Crippen molar-refractivity contribution in [3.05, 3.63) is 23.4 Å². The molecule has 6 heteroatoms. The monoisotopic (exact) mass is 250 g/mol. The molecule has 1 atom stereocenters. The Morgan fingerprint density at radius 2 is 2.44 bits per heavy atom. The van der Waals surface area contributed by atoms with E-state index in [-0.39, 0.29) is 11.9 Å². The van der Waals surface area contributed by atoms with E-state index in [0.717, 1.165) is 17.9 Å². The minimum Gasteiger partial charge on any atom is -0.409 e. The molecule has 1 aliphatic heterocycles. The summed E-state index contributed by atoms with van der Waals surface area (Å²) in [7, 11) is 0. The van der Waals surface area contributed by atoms with Gasteiger partial charge in [0.25, 0.3) is 0 Å². The predicted molar refractivity (Wildman–Crippen MR) is 69.1 cm³/mol. The average molecular weight is 250 g/mol. The van der Waals surface area contributed by atoms with Crippen molar-refractivity contribution >= 4 is 11.7 Å². The minimum atomic E-state index is 0.0919. The molecule has 0 spiro atoms. The second kappa shape index (κ2) is 5.22. The Balaban J connectivity index is 2.46. The first-order valence-corrected chi connectivity index (χ1v) is 5.93. The lowest BCUT2D eigenvalue weighted by Crippen LogP contribution is -2.45. The van der Waals surface area contributed by atoms with Crippen molar-refractivity contribution in [1.29, 1.82) is 0 Å². The lowest BCUT2D eigenvalue weighted by atomic mass is 10.1. The molecule has 1 aromatic heterocycles. The number of hydrogen-bond acceptors (Lipinski definition) is 5. The summed E-state index contributed by atoms with van der Waals surface area (Å²) in [6.07, 6.45) is 1.74. The van der Waals surface area contributed by atoms with Crippen LogP contribution in [-0.2, 0) is 4.74 Å². The third kappa shape index (κ3) is 2.24. The van der Waals surface area contributed by atoms with Crippen molar-refractivity contribution in [2.24, 2.45) is 10.9 Å². The quantitative estimate of drug-likeness (QED) is 0.349. The van der Waals surface area contributed by atoms with E-state index in [4.69, 9.17) is 15.7 Å². The first kappa shape index (κ1) is 12.6. The molecular formula is C12H18N4O2. The van der Waals surface area contributed by atoms with Crippen LogP contribution in [0.25, 0.3) is 0 Å².